The zero-order valence-electron chi connectivity index (χ0n) is 16.3. The molecule has 4 rings (SSSR count). The van der Waals surface area contributed by atoms with E-state index in [1.54, 1.807) is 13.3 Å². The van der Waals surface area contributed by atoms with E-state index in [1.165, 1.54) is 11.3 Å². The summed E-state index contributed by atoms with van der Waals surface area (Å²) in [7, 11) is 1.65. The number of anilines is 1. The van der Waals surface area contributed by atoms with Gasteiger partial charge in [-0.2, -0.15) is 0 Å². The average Bonchev–Trinajstić information content (AvgIpc) is 3.42. The topological polar surface area (TPSA) is 89.3 Å². The van der Waals surface area contributed by atoms with E-state index >= 15 is 0 Å². The SMILES string of the molecule is COc1ccc(-c2cc(C[C@H]3CNCC[C@H]3CC(=O)Nc3nccs3)no2)cc1. The van der Waals surface area contributed by atoms with E-state index < -0.39 is 0 Å². The van der Waals surface area contributed by atoms with Crippen LogP contribution in [0.15, 0.2) is 46.4 Å². The van der Waals surface area contributed by atoms with Crippen LogP contribution in [0.25, 0.3) is 11.3 Å². The fourth-order valence-electron chi connectivity index (χ4n) is 3.75. The number of nitrogens with zero attached hydrogens (tertiary/aromatic N) is 2. The summed E-state index contributed by atoms with van der Waals surface area (Å²) in [6, 6.07) is 9.70. The smallest absolute Gasteiger partial charge is 0.226 e. The number of hydrogen-bond donors (Lipinski definition) is 2. The summed E-state index contributed by atoms with van der Waals surface area (Å²) in [6.07, 6.45) is 3.94. The highest BCUT2D eigenvalue weighted by atomic mass is 32.1. The minimum Gasteiger partial charge on any atom is -0.497 e. The molecule has 1 aromatic carbocycles. The fraction of sp³-hybridized carbons (Fsp3) is 0.381. The van der Waals surface area contributed by atoms with Crippen LogP contribution in [-0.2, 0) is 11.2 Å². The quantitative estimate of drug-likeness (QED) is 0.616. The molecule has 0 bridgehead atoms. The molecule has 8 heteroatoms. The molecule has 0 radical (unpaired) electrons. The van der Waals surface area contributed by atoms with Gasteiger partial charge in [-0.25, -0.2) is 4.98 Å². The molecular formula is C21H24N4O3S. The number of hydrogen-bond acceptors (Lipinski definition) is 7. The van der Waals surface area contributed by atoms with Gasteiger partial charge in [0, 0.05) is 29.6 Å². The normalized spacial score (nSPS) is 19.1. The zero-order chi connectivity index (χ0) is 20.1. The van der Waals surface area contributed by atoms with Crippen molar-refractivity contribution in [2.45, 2.75) is 19.3 Å². The Kier molecular flexibility index (Phi) is 6.21. The van der Waals surface area contributed by atoms with Crippen LogP contribution in [0, 0.1) is 11.8 Å². The highest BCUT2D eigenvalue weighted by Crippen LogP contribution is 2.29. The summed E-state index contributed by atoms with van der Waals surface area (Å²) in [5, 5.41) is 13.1. The monoisotopic (exact) mass is 412 g/mol. The van der Waals surface area contributed by atoms with Gasteiger partial charge in [0.2, 0.25) is 5.91 Å². The van der Waals surface area contributed by atoms with Crippen LogP contribution in [0.3, 0.4) is 0 Å². The molecular weight excluding hydrogens is 388 g/mol. The predicted molar refractivity (Wildman–Crippen MR) is 112 cm³/mol. The predicted octanol–water partition coefficient (Wildman–Crippen LogP) is 3.60. The average molecular weight is 413 g/mol. The number of ether oxygens (including phenoxy) is 1. The van der Waals surface area contributed by atoms with Crippen LogP contribution >= 0.6 is 11.3 Å². The molecule has 0 unspecified atom stereocenters. The number of piperidine rings is 1. The molecule has 3 heterocycles. The molecule has 1 amide bonds. The Hall–Kier alpha value is -2.71. The largest absolute Gasteiger partial charge is 0.497 e. The van der Waals surface area contributed by atoms with E-state index in [0.717, 1.165) is 48.7 Å². The summed E-state index contributed by atoms with van der Waals surface area (Å²) in [6.45, 7) is 1.81. The third-order valence-electron chi connectivity index (χ3n) is 5.30. The number of thiazole rings is 1. The second kappa shape index (κ2) is 9.19. The number of amides is 1. The number of carbonyl (C=O) groups excluding carboxylic acids is 1. The molecule has 0 aliphatic carbocycles. The number of aromatic nitrogens is 2. The van der Waals surface area contributed by atoms with Crippen molar-refractivity contribution >= 4 is 22.4 Å². The van der Waals surface area contributed by atoms with Crippen molar-refractivity contribution in [3.63, 3.8) is 0 Å². The number of benzene rings is 1. The Bertz CT molecular complexity index is 924. The Morgan fingerprint density at radius 3 is 2.97 bits per heavy atom. The lowest BCUT2D eigenvalue weighted by molar-refractivity contribution is -0.117. The molecule has 7 nitrogen and oxygen atoms in total. The van der Waals surface area contributed by atoms with E-state index in [1.807, 2.05) is 35.7 Å². The summed E-state index contributed by atoms with van der Waals surface area (Å²) in [4.78, 5) is 16.5. The van der Waals surface area contributed by atoms with Gasteiger partial charge in [0.1, 0.15) is 5.75 Å². The van der Waals surface area contributed by atoms with E-state index in [4.69, 9.17) is 9.26 Å². The summed E-state index contributed by atoms with van der Waals surface area (Å²) >= 11 is 1.43. The highest BCUT2D eigenvalue weighted by Gasteiger charge is 2.28. The number of carbonyl (C=O) groups is 1. The first-order valence-electron chi connectivity index (χ1n) is 9.71. The van der Waals surface area contributed by atoms with Crippen LogP contribution < -0.4 is 15.4 Å². The lowest BCUT2D eigenvalue weighted by atomic mass is 9.81. The maximum atomic E-state index is 12.4. The molecule has 2 aromatic heterocycles. The van der Waals surface area contributed by atoms with Crippen molar-refractivity contribution in [2.75, 3.05) is 25.5 Å². The molecule has 1 aliphatic heterocycles. The van der Waals surface area contributed by atoms with Crippen LogP contribution in [-0.4, -0.2) is 36.2 Å². The highest BCUT2D eigenvalue weighted by molar-refractivity contribution is 7.13. The summed E-state index contributed by atoms with van der Waals surface area (Å²) in [5.41, 5.74) is 1.88. The molecule has 29 heavy (non-hydrogen) atoms. The van der Waals surface area contributed by atoms with Gasteiger partial charge in [-0.3, -0.25) is 4.79 Å². The maximum absolute atomic E-state index is 12.4. The third kappa shape index (κ3) is 5.02. The molecule has 1 aliphatic rings. The molecule has 2 atom stereocenters. The van der Waals surface area contributed by atoms with Crippen molar-refractivity contribution < 1.29 is 14.1 Å². The van der Waals surface area contributed by atoms with Crippen molar-refractivity contribution in [1.29, 1.82) is 0 Å². The maximum Gasteiger partial charge on any atom is 0.226 e. The number of nitrogens with one attached hydrogen (secondary N) is 2. The Morgan fingerprint density at radius 1 is 1.34 bits per heavy atom. The van der Waals surface area contributed by atoms with E-state index in [0.29, 0.717) is 23.4 Å². The molecule has 3 aromatic rings. The lowest BCUT2D eigenvalue weighted by Gasteiger charge is -2.31. The van der Waals surface area contributed by atoms with Crippen LogP contribution in [0.5, 0.6) is 5.75 Å². The summed E-state index contributed by atoms with van der Waals surface area (Å²) in [5.74, 6) is 2.21. The summed E-state index contributed by atoms with van der Waals surface area (Å²) < 4.78 is 10.8. The van der Waals surface area contributed by atoms with Gasteiger partial charge in [0.25, 0.3) is 0 Å². The third-order valence-corrected chi connectivity index (χ3v) is 5.98. The second-order valence-electron chi connectivity index (χ2n) is 7.22. The van der Waals surface area contributed by atoms with Crippen LogP contribution in [0.4, 0.5) is 5.13 Å². The minimum atomic E-state index is 0.0240. The molecule has 0 spiro atoms. The van der Waals surface area contributed by atoms with Crippen LogP contribution in [0.2, 0.25) is 0 Å². The van der Waals surface area contributed by atoms with E-state index in [9.17, 15) is 4.79 Å². The molecule has 1 saturated heterocycles. The molecule has 2 N–H and O–H groups in total. The van der Waals surface area contributed by atoms with Gasteiger partial charge in [0.15, 0.2) is 10.9 Å². The molecule has 1 fully saturated rings. The van der Waals surface area contributed by atoms with Crippen LogP contribution in [0.1, 0.15) is 18.5 Å². The van der Waals surface area contributed by atoms with Crippen molar-refractivity contribution in [3.05, 3.63) is 47.6 Å². The fourth-order valence-corrected chi connectivity index (χ4v) is 4.29. The second-order valence-corrected chi connectivity index (χ2v) is 8.11. The standard InChI is InChI=1S/C21H24N4O3S/c1-27-18-4-2-14(3-5-18)19-12-17(25-28-19)10-16-13-22-7-6-15(16)11-20(26)24-21-23-8-9-29-21/h2-5,8-9,12,15-16,22H,6-7,10-11,13H2,1H3,(H,23,24,26)/t15-,16-/m0/s1. The number of rotatable bonds is 7. The molecule has 0 saturated carbocycles. The minimum absolute atomic E-state index is 0.0240. The van der Waals surface area contributed by atoms with Gasteiger partial charge in [-0.1, -0.05) is 5.16 Å². The van der Waals surface area contributed by atoms with E-state index in [2.05, 4.69) is 20.8 Å². The van der Waals surface area contributed by atoms with Gasteiger partial charge in [0.05, 0.1) is 12.8 Å². The van der Waals surface area contributed by atoms with Crippen molar-refractivity contribution in [2.24, 2.45) is 11.8 Å². The first-order valence-corrected chi connectivity index (χ1v) is 10.6. The number of methoxy groups -OCH3 is 1. The van der Waals surface area contributed by atoms with Gasteiger partial charge < -0.3 is 19.9 Å². The van der Waals surface area contributed by atoms with Gasteiger partial charge in [-0.15, -0.1) is 11.3 Å². The van der Waals surface area contributed by atoms with E-state index in [-0.39, 0.29) is 5.91 Å². The lowest BCUT2D eigenvalue weighted by Crippen LogP contribution is -2.39. The zero-order valence-corrected chi connectivity index (χ0v) is 17.1. The Labute approximate surface area is 173 Å². The van der Waals surface area contributed by atoms with Crippen molar-refractivity contribution in [3.8, 4) is 17.1 Å². The van der Waals surface area contributed by atoms with Gasteiger partial charge in [-0.05, 0) is 62.0 Å². The van der Waals surface area contributed by atoms with Crippen molar-refractivity contribution in [1.82, 2.24) is 15.5 Å². The first kappa shape index (κ1) is 19.6. The Morgan fingerprint density at radius 2 is 2.21 bits per heavy atom. The first-order chi connectivity index (χ1) is 14.2. The Balaban J connectivity index is 1.39. The van der Waals surface area contributed by atoms with Gasteiger partial charge >= 0.3 is 0 Å². The molecule has 152 valence electrons.